The van der Waals surface area contributed by atoms with Gasteiger partial charge in [-0.05, 0) is 37.8 Å². The monoisotopic (exact) mass is 357 g/mol. The van der Waals surface area contributed by atoms with Crippen molar-refractivity contribution in [2.75, 3.05) is 31.1 Å². The second kappa shape index (κ2) is 8.04. The minimum Gasteiger partial charge on any atom is -0.481 e. The fourth-order valence-electron chi connectivity index (χ4n) is 3.55. The maximum Gasteiger partial charge on any atom is 0.317 e. The molecule has 0 unspecified atom stereocenters. The fraction of sp³-hybridized carbons (Fsp3) is 0.556. The molecule has 2 heterocycles. The average molecular weight is 357 g/mol. The van der Waals surface area contributed by atoms with Crippen LogP contribution in [0, 0.1) is 17.2 Å². The highest BCUT2D eigenvalue weighted by Gasteiger charge is 2.29. The molecule has 2 N–H and O–H groups in total. The zero-order chi connectivity index (χ0) is 18.5. The Hall–Kier alpha value is -2.82. The summed E-state index contributed by atoms with van der Waals surface area (Å²) in [6, 6.07) is 5.52. The molecular weight excluding hydrogens is 334 g/mol. The zero-order valence-electron chi connectivity index (χ0n) is 14.6. The third-order valence-corrected chi connectivity index (χ3v) is 5.17. The van der Waals surface area contributed by atoms with Gasteiger partial charge in [0.2, 0.25) is 0 Å². The van der Waals surface area contributed by atoms with Gasteiger partial charge in [-0.15, -0.1) is 0 Å². The molecule has 2 aliphatic rings. The number of pyridine rings is 1. The van der Waals surface area contributed by atoms with Gasteiger partial charge in [0.25, 0.3) is 0 Å². The van der Waals surface area contributed by atoms with Crippen LogP contribution in [0.25, 0.3) is 0 Å². The summed E-state index contributed by atoms with van der Waals surface area (Å²) >= 11 is 0. The van der Waals surface area contributed by atoms with E-state index in [0.717, 1.165) is 5.82 Å². The molecule has 1 aromatic rings. The second-order valence-corrected chi connectivity index (χ2v) is 6.82. The molecule has 0 atom stereocenters. The van der Waals surface area contributed by atoms with E-state index in [2.05, 4.69) is 21.3 Å². The van der Waals surface area contributed by atoms with Crippen molar-refractivity contribution in [2.24, 2.45) is 5.92 Å². The van der Waals surface area contributed by atoms with Gasteiger partial charge < -0.3 is 20.2 Å². The van der Waals surface area contributed by atoms with Gasteiger partial charge in [0.15, 0.2) is 0 Å². The lowest BCUT2D eigenvalue weighted by molar-refractivity contribution is -0.142. The molecule has 8 heteroatoms. The number of hydrogen-bond acceptors (Lipinski definition) is 5. The number of piperazine rings is 1. The summed E-state index contributed by atoms with van der Waals surface area (Å²) < 4.78 is 0. The number of carboxylic acids is 1. The van der Waals surface area contributed by atoms with Crippen LogP contribution in [0.15, 0.2) is 18.3 Å². The number of aromatic nitrogens is 1. The molecule has 0 aromatic carbocycles. The largest absolute Gasteiger partial charge is 0.481 e. The molecule has 1 aliphatic heterocycles. The van der Waals surface area contributed by atoms with E-state index in [1.807, 2.05) is 0 Å². The van der Waals surface area contributed by atoms with Crippen LogP contribution in [0.3, 0.4) is 0 Å². The van der Waals surface area contributed by atoms with Gasteiger partial charge in [0, 0.05) is 38.4 Å². The molecule has 26 heavy (non-hydrogen) atoms. The highest BCUT2D eigenvalue weighted by atomic mass is 16.4. The SMILES string of the molecule is N#Cc1ccnc(N2CCN(C(=O)NC3CCC(C(=O)O)CC3)CC2)c1. The van der Waals surface area contributed by atoms with E-state index in [0.29, 0.717) is 57.4 Å². The molecule has 0 radical (unpaired) electrons. The summed E-state index contributed by atoms with van der Waals surface area (Å²) in [5.41, 5.74) is 0.576. The van der Waals surface area contributed by atoms with Crippen LogP contribution in [0.5, 0.6) is 0 Å². The lowest BCUT2D eigenvalue weighted by Gasteiger charge is -2.36. The van der Waals surface area contributed by atoms with Crippen molar-refractivity contribution in [2.45, 2.75) is 31.7 Å². The molecule has 138 valence electrons. The first kappa shape index (κ1) is 18.0. The Morgan fingerprint density at radius 3 is 2.50 bits per heavy atom. The van der Waals surface area contributed by atoms with Crippen LogP contribution in [-0.2, 0) is 4.79 Å². The summed E-state index contributed by atoms with van der Waals surface area (Å²) in [5, 5.41) is 21.1. The summed E-state index contributed by atoms with van der Waals surface area (Å²) in [5.74, 6) is -0.251. The van der Waals surface area contributed by atoms with Crippen LogP contribution >= 0.6 is 0 Å². The third-order valence-electron chi connectivity index (χ3n) is 5.17. The van der Waals surface area contributed by atoms with Crippen LogP contribution in [0.1, 0.15) is 31.2 Å². The van der Waals surface area contributed by atoms with E-state index in [1.54, 1.807) is 23.2 Å². The van der Waals surface area contributed by atoms with Crippen LogP contribution < -0.4 is 10.2 Å². The number of aliphatic carboxylic acids is 1. The van der Waals surface area contributed by atoms with Crippen molar-refractivity contribution in [3.63, 3.8) is 0 Å². The molecule has 1 aromatic heterocycles. The molecule has 1 saturated carbocycles. The predicted molar refractivity (Wildman–Crippen MR) is 94.7 cm³/mol. The van der Waals surface area contributed by atoms with Crippen molar-refractivity contribution >= 4 is 17.8 Å². The smallest absolute Gasteiger partial charge is 0.317 e. The van der Waals surface area contributed by atoms with Gasteiger partial charge >= 0.3 is 12.0 Å². The maximum atomic E-state index is 12.4. The highest BCUT2D eigenvalue weighted by Crippen LogP contribution is 2.24. The van der Waals surface area contributed by atoms with Gasteiger partial charge in [-0.2, -0.15) is 5.26 Å². The van der Waals surface area contributed by atoms with Crippen LogP contribution in [0.4, 0.5) is 10.6 Å². The lowest BCUT2D eigenvalue weighted by Crippen LogP contribution is -2.54. The Kier molecular flexibility index (Phi) is 5.56. The molecule has 1 saturated heterocycles. The van der Waals surface area contributed by atoms with E-state index in [-0.39, 0.29) is 18.0 Å². The van der Waals surface area contributed by atoms with E-state index >= 15 is 0 Å². The fourth-order valence-corrected chi connectivity index (χ4v) is 3.55. The number of carbonyl (C=O) groups excluding carboxylic acids is 1. The van der Waals surface area contributed by atoms with E-state index in [1.165, 1.54) is 0 Å². The van der Waals surface area contributed by atoms with Crippen molar-refractivity contribution in [1.82, 2.24) is 15.2 Å². The Bertz CT molecular complexity index is 701. The summed E-state index contributed by atoms with van der Waals surface area (Å²) in [6.07, 6.45) is 4.30. The summed E-state index contributed by atoms with van der Waals surface area (Å²) in [4.78, 5) is 31.6. The standard InChI is InChI=1S/C18H23N5O3/c19-12-13-5-6-20-16(11-13)22-7-9-23(10-8-22)18(26)21-15-3-1-14(2-4-15)17(24)25/h5-6,11,14-15H,1-4,7-10H2,(H,21,26)(H,24,25). The molecular formula is C18H23N5O3. The quantitative estimate of drug-likeness (QED) is 0.847. The number of nitriles is 1. The minimum absolute atomic E-state index is 0.0603. The number of hydrogen-bond donors (Lipinski definition) is 2. The molecule has 8 nitrogen and oxygen atoms in total. The van der Waals surface area contributed by atoms with Gasteiger partial charge in [0.05, 0.1) is 17.6 Å². The number of urea groups is 1. The van der Waals surface area contributed by atoms with Crippen molar-refractivity contribution in [1.29, 1.82) is 5.26 Å². The number of nitrogens with zero attached hydrogens (tertiary/aromatic N) is 4. The number of rotatable bonds is 3. The normalized spacial score (nSPS) is 23.2. The number of anilines is 1. The van der Waals surface area contributed by atoms with E-state index < -0.39 is 5.97 Å². The van der Waals surface area contributed by atoms with Crippen molar-refractivity contribution in [3.05, 3.63) is 23.9 Å². The van der Waals surface area contributed by atoms with Crippen molar-refractivity contribution < 1.29 is 14.7 Å². The van der Waals surface area contributed by atoms with Gasteiger partial charge in [-0.25, -0.2) is 9.78 Å². The van der Waals surface area contributed by atoms with E-state index in [4.69, 9.17) is 10.4 Å². The average Bonchev–Trinajstić information content (AvgIpc) is 2.68. The highest BCUT2D eigenvalue weighted by molar-refractivity contribution is 5.75. The Balaban J connectivity index is 1.46. The molecule has 0 bridgehead atoms. The van der Waals surface area contributed by atoms with Crippen molar-refractivity contribution in [3.8, 4) is 6.07 Å². The molecule has 2 amide bonds. The Morgan fingerprint density at radius 1 is 1.19 bits per heavy atom. The zero-order valence-corrected chi connectivity index (χ0v) is 14.6. The number of nitrogens with one attached hydrogen (secondary N) is 1. The summed E-state index contributed by atoms with van der Waals surface area (Å²) in [7, 11) is 0. The molecule has 1 aliphatic carbocycles. The Labute approximate surface area is 152 Å². The van der Waals surface area contributed by atoms with Gasteiger partial charge in [0.1, 0.15) is 5.82 Å². The third kappa shape index (κ3) is 4.23. The van der Waals surface area contributed by atoms with E-state index in [9.17, 15) is 9.59 Å². The topological polar surface area (TPSA) is 110 Å². The first-order chi connectivity index (χ1) is 12.6. The Morgan fingerprint density at radius 2 is 1.88 bits per heavy atom. The first-order valence-corrected chi connectivity index (χ1v) is 8.96. The number of amides is 2. The minimum atomic E-state index is -0.736. The predicted octanol–water partition coefficient (Wildman–Crippen LogP) is 1.43. The second-order valence-electron chi connectivity index (χ2n) is 6.82. The number of carbonyl (C=O) groups is 2. The van der Waals surface area contributed by atoms with Gasteiger partial charge in [-0.1, -0.05) is 0 Å². The lowest BCUT2D eigenvalue weighted by atomic mass is 9.86. The number of carboxylic acid groups (broad SMARTS) is 1. The molecule has 3 rings (SSSR count). The summed E-state index contributed by atoms with van der Waals surface area (Å²) in [6.45, 7) is 2.52. The first-order valence-electron chi connectivity index (χ1n) is 8.96. The van der Waals surface area contributed by atoms with Crippen LogP contribution in [-0.4, -0.2) is 59.2 Å². The van der Waals surface area contributed by atoms with Crippen LogP contribution in [0.2, 0.25) is 0 Å². The molecule has 0 spiro atoms. The van der Waals surface area contributed by atoms with Gasteiger partial charge in [-0.3, -0.25) is 4.79 Å². The maximum absolute atomic E-state index is 12.4. The molecule has 2 fully saturated rings.